The van der Waals surface area contributed by atoms with Gasteiger partial charge in [-0.2, -0.15) is 0 Å². The van der Waals surface area contributed by atoms with E-state index in [0.29, 0.717) is 5.33 Å². The molecule has 0 unspecified atom stereocenters. The number of alkyl halides is 1. The molecule has 0 saturated carbocycles. The monoisotopic (exact) mass is 270 g/mol. The highest BCUT2D eigenvalue weighted by atomic mass is 79.9. The van der Waals surface area contributed by atoms with Crippen molar-refractivity contribution in [1.29, 1.82) is 0 Å². The first-order valence-corrected chi connectivity index (χ1v) is 5.89. The Morgan fingerprint density at radius 3 is 2.40 bits per heavy atom. The van der Waals surface area contributed by atoms with Crippen LogP contribution in [0.3, 0.4) is 0 Å². The normalized spacial score (nSPS) is 10.2. The number of aryl methyl sites for hydroxylation is 1. The molecule has 0 heterocycles. The van der Waals surface area contributed by atoms with Crippen molar-refractivity contribution in [3.8, 4) is 5.75 Å². The van der Waals surface area contributed by atoms with E-state index in [9.17, 15) is 4.79 Å². The number of Topliss-reactive ketones (excluding diaryl/α,β-unsaturated/α-hetero) is 1. The van der Waals surface area contributed by atoms with E-state index in [2.05, 4.69) is 15.9 Å². The summed E-state index contributed by atoms with van der Waals surface area (Å²) < 4.78 is 5.30. The maximum Gasteiger partial charge on any atom is 0.173 e. The molecule has 1 aromatic carbocycles. The fraction of sp³-hybridized carbons (Fsp3) is 0.417. The summed E-state index contributed by atoms with van der Waals surface area (Å²) in [5, 5.41) is 0.360. The van der Waals surface area contributed by atoms with E-state index < -0.39 is 0 Å². The number of benzene rings is 1. The van der Waals surface area contributed by atoms with Crippen molar-refractivity contribution in [2.45, 2.75) is 20.8 Å². The lowest BCUT2D eigenvalue weighted by atomic mass is 9.96. The molecule has 0 saturated heterocycles. The Balaban J connectivity index is 3.40. The Labute approximate surface area is 98.8 Å². The van der Waals surface area contributed by atoms with Gasteiger partial charge in [0.2, 0.25) is 0 Å². The molecule has 2 nitrogen and oxygen atoms in total. The Morgan fingerprint density at radius 1 is 1.33 bits per heavy atom. The second-order valence-electron chi connectivity index (χ2n) is 3.58. The summed E-state index contributed by atoms with van der Waals surface area (Å²) in [5.41, 5.74) is 3.83. The lowest BCUT2D eigenvalue weighted by molar-refractivity contribution is 0.102. The summed E-state index contributed by atoms with van der Waals surface area (Å²) in [4.78, 5) is 11.7. The highest BCUT2D eigenvalue weighted by Gasteiger charge is 2.14. The summed E-state index contributed by atoms with van der Waals surface area (Å²) in [6.45, 7) is 5.88. The van der Waals surface area contributed by atoms with Crippen LogP contribution >= 0.6 is 15.9 Å². The molecular weight excluding hydrogens is 256 g/mol. The SMILES string of the molecule is COc1c(C)cc(C(=O)CBr)c(C)c1C. The number of carbonyl (C=O) groups excluding carboxylic acids is 1. The molecular formula is C12H15BrO2. The summed E-state index contributed by atoms with van der Waals surface area (Å²) >= 11 is 3.19. The third-order valence-corrected chi connectivity index (χ3v) is 3.16. The van der Waals surface area contributed by atoms with Crippen molar-refractivity contribution in [3.63, 3.8) is 0 Å². The predicted octanol–water partition coefficient (Wildman–Crippen LogP) is 3.20. The zero-order valence-corrected chi connectivity index (χ0v) is 11.1. The Bertz CT molecular complexity index is 397. The minimum atomic E-state index is 0.112. The lowest BCUT2D eigenvalue weighted by Crippen LogP contribution is -2.06. The molecule has 3 heteroatoms. The first kappa shape index (κ1) is 12.2. The number of hydrogen-bond acceptors (Lipinski definition) is 2. The van der Waals surface area contributed by atoms with Gasteiger partial charge in [-0.25, -0.2) is 0 Å². The van der Waals surface area contributed by atoms with E-state index in [1.54, 1.807) is 7.11 Å². The van der Waals surface area contributed by atoms with Crippen LogP contribution in [0, 0.1) is 20.8 Å². The molecule has 0 radical (unpaired) electrons. The van der Waals surface area contributed by atoms with Gasteiger partial charge in [0.25, 0.3) is 0 Å². The smallest absolute Gasteiger partial charge is 0.173 e. The Kier molecular flexibility index (Phi) is 3.91. The van der Waals surface area contributed by atoms with Gasteiger partial charge in [-0.3, -0.25) is 4.79 Å². The fourth-order valence-corrected chi connectivity index (χ4v) is 2.04. The number of carbonyl (C=O) groups is 1. The van der Waals surface area contributed by atoms with Crippen molar-refractivity contribution in [2.75, 3.05) is 12.4 Å². The van der Waals surface area contributed by atoms with E-state index in [1.165, 1.54) is 0 Å². The average Bonchev–Trinajstić information content (AvgIpc) is 2.23. The van der Waals surface area contributed by atoms with Crippen molar-refractivity contribution in [2.24, 2.45) is 0 Å². The maximum atomic E-state index is 11.7. The first-order chi connectivity index (χ1) is 7.02. The number of hydrogen-bond donors (Lipinski definition) is 0. The van der Waals surface area contributed by atoms with Gasteiger partial charge in [0, 0.05) is 5.56 Å². The van der Waals surface area contributed by atoms with Gasteiger partial charge >= 0.3 is 0 Å². The van der Waals surface area contributed by atoms with Crippen LogP contribution in [0.5, 0.6) is 5.75 Å². The standard InChI is InChI=1S/C12H15BrO2/c1-7-5-10(11(14)6-13)8(2)9(3)12(7)15-4/h5H,6H2,1-4H3. The van der Waals surface area contributed by atoms with Gasteiger partial charge < -0.3 is 4.74 Å². The molecule has 0 amide bonds. The van der Waals surface area contributed by atoms with Crippen LogP contribution in [-0.2, 0) is 0 Å². The van der Waals surface area contributed by atoms with E-state index in [-0.39, 0.29) is 5.78 Å². The highest BCUT2D eigenvalue weighted by molar-refractivity contribution is 9.09. The fourth-order valence-electron chi connectivity index (χ4n) is 1.73. The summed E-state index contributed by atoms with van der Waals surface area (Å²) in [6, 6.07) is 1.89. The number of halogens is 1. The highest BCUT2D eigenvalue weighted by Crippen LogP contribution is 2.28. The van der Waals surface area contributed by atoms with Crippen LogP contribution in [0.2, 0.25) is 0 Å². The van der Waals surface area contributed by atoms with Crippen molar-refractivity contribution in [1.82, 2.24) is 0 Å². The van der Waals surface area contributed by atoms with Crippen LogP contribution in [0.4, 0.5) is 0 Å². The molecule has 0 spiro atoms. The molecule has 15 heavy (non-hydrogen) atoms. The minimum absolute atomic E-state index is 0.112. The zero-order chi connectivity index (χ0) is 11.6. The van der Waals surface area contributed by atoms with Gasteiger partial charge in [-0.1, -0.05) is 15.9 Å². The molecule has 0 N–H and O–H groups in total. The largest absolute Gasteiger partial charge is 0.496 e. The van der Waals surface area contributed by atoms with Crippen LogP contribution < -0.4 is 4.74 Å². The molecule has 0 aromatic heterocycles. The third-order valence-electron chi connectivity index (χ3n) is 2.65. The Hall–Kier alpha value is -0.830. The molecule has 0 atom stereocenters. The third kappa shape index (κ3) is 2.23. The van der Waals surface area contributed by atoms with Gasteiger partial charge in [0.1, 0.15) is 5.75 Å². The molecule has 1 aromatic rings. The van der Waals surface area contributed by atoms with Crippen LogP contribution in [0.25, 0.3) is 0 Å². The minimum Gasteiger partial charge on any atom is -0.496 e. The molecule has 0 aliphatic rings. The van der Waals surface area contributed by atoms with Crippen LogP contribution in [0.15, 0.2) is 6.07 Å². The van der Waals surface area contributed by atoms with E-state index in [4.69, 9.17) is 4.74 Å². The average molecular weight is 271 g/mol. The predicted molar refractivity (Wildman–Crippen MR) is 65.3 cm³/mol. The topological polar surface area (TPSA) is 26.3 Å². The second-order valence-corrected chi connectivity index (χ2v) is 4.14. The quantitative estimate of drug-likeness (QED) is 0.623. The number of ether oxygens (including phenoxy) is 1. The zero-order valence-electron chi connectivity index (χ0n) is 9.48. The first-order valence-electron chi connectivity index (χ1n) is 4.76. The van der Waals surface area contributed by atoms with E-state index in [1.807, 2.05) is 26.8 Å². The van der Waals surface area contributed by atoms with Gasteiger partial charge in [0.15, 0.2) is 5.78 Å². The molecule has 0 aliphatic carbocycles. The van der Waals surface area contributed by atoms with Crippen LogP contribution in [0.1, 0.15) is 27.0 Å². The van der Waals surface area contributed by atoms with Crippen LogP contribution in [-0.4, -0.2) is 18.2 Å². The van der Waals surface area contributed by atoms with Gasteiger partial charge in [0.05, 0.1) is 12.4 Å². The van der Waals surface area contributed by atoms with E-state index >= 15 is 0 Å². The summed E-state index contributed by atoms with van der Waals surface area (Å²) in [7, 11) is 1.65. The Morgan fingerprint density at radius 2 is 1.93 bits per heavy atom. The lowest BCUT2D eigenvalue weighted by Gasteiger charge is -2.14. The summed E-state index contributed by atoms with van der Waals surface area (Å²) in [6.07, 6.45) is 0. The number of methoxy groups -OCH3 is 1. The van der Waals surface area contributed by atoms with Crippen molar-refractivity contribution in [3.05, 3.63) is 28.3 Å². The van der Waals surface area contributed by atoms with Crippen molar-refractivity contribution < 1.29 is 9.53 Å². The van der Waals surface area contributed by atoms with Gasteiger partial charge in [-0.05, 0) is 43.5 Å². The number of ketones is 1. The molecule has 82 valence electrons. The van der Waals surface area contributed by atoms with Gasteiger partial charge in [-0.15, -0.1) is 0 Å². The van der Waals surface area contributed by atoms with E-state index in [0.717, 1.165) is 28.0 Å². The molecule has 1 rings (SSSR count). The summed E-state index contributed by atoms with van der Waals surface area (Å²) in [5.74, 6) is 0.986. The molecule has 0 aliphatic heterocycles. The second kappa shape index (κ2) is 4.79. The number of rotatable bonds is 3. The molecule has 0 fully saturated rings. The van der Waals surface area contributed by atoms with Crippen molar-refractivity contribution >= 4 is 21.7 Å². The maximum absolute atomic E-state index is 11.7. The molecule has 0 bridgehead atoms.